The Balaban J connectivity index is 2.29. The fourth-order valence-corrected chi connectivity index (χ4v) is 3.09. The van der Waals surface area contributed by atoms with Crippen molar-refractivity contribution >= 4 is 5.91 Å². The lowest BCUT2D eigenvalue weighted by atomic mass is 9.89. The molecular formula is C17H29N3O3. The predicted molar refractivity (Wildman–Crippen MR) is 88.6 cm³/mol. The average Bonchev–Trinajstić information content (AvgIpc) is 2.78. The van der Waals surface area contributed by atoms with Gasteiger partial charge in [-0.2, -0.15) is 5.10 Å². The molecule has 0 aromatic carbocycles. The zero-order valence-corrected chi connectivity index (χ0v) is 15.3. The Labute approximate surface area is 138 Å². The average molecular weight is 323 g/mol. The predicted octanol–water partition coefficient (Wildman–Crippen LogP) is 1.98. The lowest BCUT2D eigenvalue weighted by molar-refractivity contribution is -0.143. The molecule has 0 bridgehead atoms. The molecule has 0 N–H and O–H groups in total. The van der Waals surface area contributed by atoms with Crippen molar-refractivity contribution in [3.8, 4) is 0 Å². The highest BCUT2D eigenvalue weighted by Gasteiger charge is 2.37. The van der Waals surface area contributed by atoms with Gasteiger partial charge >= 0.3 is 0 Å². The van der Waals surface area contributed by atoms with Gasteiger partial charge in [0.05, 0.1) is 29.6 Å². The summed E-state index contributed by atoms with van der Waals surface area (Å²) >= 11 is 0. The molecule has 0 spiro atoms. The molecule has 1 aromatic rings. The van der Waals surface area contributed by atoms with Crippen LogP contribution in [0.5, 0.6) is 0 Å². The number of carbonyl (C=O) groups excluding carboxylic acids is 1. The maximum absolute atomic E-state index is 13.1. The van der Waals surface area contributed by atoms with Crippen LogP contribution in [0.3, 0.4) is 0 Å². The summed E-state index contributed by atoms with van der Waals surface area (Å²) in [5.74, 6) is 0.0144. The van der Waals surface area contributed by atoms with Crippen LogP contribution in [0.2, 0.25) is 0 Å². The van der Waals surface area contributed by atoms with Gasteiger partial charge in [-0.1, -0.05) is 20.8 Å². The Morgan fingerprint density at radius 1 is 1.48 bits per heavy atom. The molecule has 1 atom stereocenters. The number of amides is 1. The number of methoxy groups -OCH3 is 1. The summed E-state index contributed by atoms with van der Waals surface area (Å²) in [6.07, 6.45) is 1.71. The number of carbonyl (C=O) groups is 1. The van der Waals surface area contributed by atoms with Crippen molar-refractivity contribution in [3.05, 3.63) is 17.5 Å². The number of rotatable bonds is 3. The van der Waals surface area contributed by atoms with Crippen LogP contribution in [0.15, 0.2) is 6.20 Å². The zero-order chi connectivity index (χ0) is 17.4. The van der Waals surface area contributed by atoms with Crippen molar-refractivity contribution in [1.82, 2.24) is 14.7 Å². The molecule has 1 aromatic heterocycles. The maximum atomic E-state index is 13.1. The van der Waals surface area contributed by atoms with Gasteiger partial charge in [0.15, 0.2) is 0 Å². The topological polar surface area (TPSA) is 56.6 Å². The molecule has 1 amide bonds. The van der Waals surface area contributed by atoms with E-state index in [4.69, 9.17) is 9.47 Å². The third kappa shape index (κ3) is 4.12. The second kappa shape index (κ2) is 6.24. The van der Waals surface area contributed by atoms with Gasteiger partial charge in [-0.15, -0.1) is 0 Å². The van der Waals surface area contributed by atoms with Crippen LogP contribution in [-0.2, 0) is 21.9 Å². The molecule has 2 rings (SSSR count). The highest BCUT2D eigenvalue weighted by molar-refractivity contribution is 5.95. The highest BCUT2D eigenvalue weighted by Crippen LogP contribution is 2.28. The second-order valence-electron chi connectivity index (χ2n) is 7.96. The van der Waals surface area contributed by atoms with E-state index < -0.39 is 0 Å². The van der Waals surface area contributed by atoms with Crippen LogP contribution in [-0.4, -0.2) is 59.1 Å². The number of aromatic nitrogens is 2. The molecule has 0 radical (unpaired) electrons. The molecule has 130 valence electrons. The first-order valence-corrected chi connectivity index (χ1v) is 8.03. The quantitative estimate of drug-likeness (QED) is 0.853. The van der Waals surface area contributed by atoms with E-state index in [9.17, 15) is 4.79 Å². The molecule has 0 saturated carbocycles. The molecule has 1 fully saturated rings. The van der Waals surface area contributed by atoms with Crippen LogP contribution in [0, 0.1) is 0 Å². The Hall–Kier alpha value is -1.40. The minimum Gasteiger partial charge on any atom is -0.382 e. The molecule has 1 saturated heterocycles. The van der Waals surface area contributed by atoms with E-state index in [1.54, 1.807) is 11.8 Å². The third-order valence-corrected chi connectivity index (χ3v) is 3.89. The van der Waals surface area contributed by atoms with Crippen LogP contribution in [0.4, 0.5) is 0 Å². The molecule has 1 aliphatic heterocycles. The Kier molecular flexibility index (Phi) is 4.87. The Bertz CT molecular complexity index is 572. The maximum Gasteiger partial charge on any atom is 0.257 e. The van der Waals surface area contributed by atoms with Crippen LogP contribution in [0.25, 0.3) is 0 Å². The number of nitrogens with zero attached hydrogens (tertiary/aromatic N) is 3. The Morgan fingerprint density at radius 2 is 2.13 bits per heavy atom. The number of ether oxygens (including phenoxy) is 2. The monoisotopic (exact) mass is 323 g/mol. The molecular weight excluding hydrogens is 294 g/mol. The molecule has 0 unspecified atom stereocenters. The largest absolute Gasteiger partial charge is 0.382 e. The molecule has 2 heterocycles. The van der Waals surface area contributed by atoms with E-state index in [1.807, 2.05) is 32.0 Å². The van der Waals surface area contributed by atoms with E-state index in [0.29, 0.717) is 25.3 Å². The fourth-order valence-electron chi connectivity index (χ4n) is 3.09. The fraction of sp³-hybridized carbons (Fsp3) is 0.765. The van der Waals surface area contributed by atoms with E-state index in [-0.39, 0.29) is 23.0 Å². The zero-order valence-electron chi connectivity index (χ0n) is 15.3. The standard InChI is InChI=1S/C17H29N3O3/c1-16(2,3)14-13(9-19(6)18-14)15(21)20-8-12(10-22-7)23-17(4,5)11-20/h9,12H,8,10-11H2,1-7H3/t12-/m0/s1. The van der Waals surface area contributed by atoms with Crippen LogP contribution >= 0.6 is 0 Å². The smallest absolute Gasteiger partial charge is 0.257 e. The second-order valence-corrected chi connectivity index (χ2v) is 7.96. The number of aryl methyl sites for hydroxylation is 1. The first-order chi connectivity index (χ1) is 10.5. The SMILES string of the molecule is COC[C@@H]1CN(C(=O)c2cn(C)nc2C(C)(C)C)CC(C)(C)O1. The lowest BCUT2D eigenvalue weighted by Crippen LogP contribution is -2.55. The number of morpholine rings is 1. The molecule has 0 aliphatic carbocycles. The molecule has 6 heteroatoms. The van der Waals surface area contributed by atoms with E-state index in [0.717, 1.165) is 5.69 Å². The van der Waals surface area contributed by atoms with Gasteiger partial charge in [-0.3, -0.25) is 9.48 Å². The van der Waals surface area contributed by atoms with Crippen molar-refractivity contribution in [3.63, 3.8) is 0 Å². The summed E-state index contributed by atoms with van der Waals surface area (Å²) in [6.45, 7) is 11.8. The van der Waals surface area contributed by atoms with Crippen molar-refractivity contribution in [1.29, 1.82) is 0 Å². The summed E-state index contributed by atoms with van der Waals surface area (Å²) in [7, 11) is 3.50. The van der Waals surface area contributed by atoms with Gasteiger partial charge in [0.25, 0.3) is 5.91 Å². The summed E-state index contributed by atoms with van der Waals surface area (Å²) < 4.78 is 12.9. The van der Waals surface area contributed by atoms with Crippen LogP contribution < -0.4 is 0 Å². The third-order valence-electron chi connectivity index (χ3n) is 3.89. The van der Waals surface area contributed by atoms with Gasteiger partial charge in [-0.25, -0.2) is 0 Å². The summed E-state index contributed by atoms with van der Waals surface area (Å²) in [5.41, 5.74) is 0.938. The first-order valence-electron chi connectivity index (χ1n) is 8.03. The summed E-state index contributed by atoms with van der Waals surface area (Å²) in [6, 6.07) is 0. The van der Waals surface area contributed by atoms with Crippen molar-refractivity contribution in [2.24, 2.45) is 7.05 Å². The van der Waals surface area contributed by atoms with Crippen molar-refractivity contribution < 1.29 is 14.3 Å². The van der Waals surface area contributed by atoms with Gasteiger partial charge in [-0.05, 0) is 13.8 Å². The normalized spacial score (nSPS) is 21.5. The minimum atomic E-state index is -0.388. The van der Waals surface area contributed by atoms with Crippen LogP contribution in [0.1, 0.15) is 50.7 Å². The first kappa shape index (κ1) is 17.9. The summed E-state index contributed by atoms with van der Waals surface area (Å²) in [5, 5.41) is 4.50. The lowest BCUT2D eigenvalue weighted by Gasteiger charge is -2.42. The highest BCUT2D eigenvalue weighted by atomic mass is 16.5. The van der Waals surface area contributed by atoms with Gasteiger partial charge in [0.1, 0.15) is 0 Å². The Morgan fingerprint density at radius 3 is 2.70 bits per heavy atom. The number of hydrogen-bond acceptors (Lipinski definition) is 4. The van der Waals surface area contributed by atoms with Gasteiger partial charge < -0.3 is 14.4 Å². The van der Waals surface area contributed by atoms with Crippen molar-refractivity contribution in [2.45, 2.75) is 51.7 Å². The van der Waals surface area contributed by atoms with Crippen molar-refractivity contribution in [2.75, 3.05) is 26.8 Å². The van der Waals surface area contributed by atoms with E-state index in [2.05, 4.69) is 25.9 Å². The molecule has 23 heavy (non-hydrogen) atoms. The molecule has 1 aliphatic rings. The number of hydrogen-bond donors (Lipinski definition) is 0. The minimum absolute atomic E-state index is 0.0144. The summed E-state index contributed by atoms with van der Waals surface area (Å²) in [4.78, 5) is 15.0. The van der Waals surface area contributed by atoms with Gasteiger partial charge in [0.2, 0.25) is 0 Å². The molecule has 6 nitrogen and oxygen atoms in total. The van der Waals surface area contributed by atoms with Gasteiger partial charge in [0, 0.05) is 38.9 Å². The van der Waals surface area contributed by atoms with E-state index >= 15 is 0 Å². The van der Waals surface area contributed by atoms with E-state index in [1.165, 1.54) is 0 Å².